The van der Waals surface area contributed by atoms with E-state index < -0.39 is 30.6 Å². The molecule has 1 heterocycles. The van der Waals surface area contributed by atoms with Gasteiger partial charge < -0.3 is 24.4 Å². The summed E-state index contributed by atoms with van der Waals surface area (Å²) < 4.78 is 16.1. The average molecular weight is 360 g/mol. The number of aliphatic hydroxyl groups excluding tert-OH is 2. The summed E-state index contributed by atoms with van der Waals surface area (Å²) in [6, 6.07) is 0. The van der Waals surface area contributed by atoms with Crippen LogP contribution in [0.25, 0.3) is 0 Å². The highest BCUT2D eigenvalue weighted by Gasteiger charge is 2.41. The Labute approximate surface area is 149 Å². The number of esters is 2. The number of carbonyl (C=O) groups is 2. The molecule has 1 saturated heterocycles. The van der Waals surface area contributed by atoms with Gasteiger partial charge in [0.1, 0.15) is 12.7 Å². The van der Waals surface area contributed by atoms with Gasteiger partial charge in [0, 0.05) is 6.42 Å². The Bertz CT molecular complexity index is 418. The van der Waals surface area contributed by atoms with Gasteiger partial charge in [-0.25, -0.2) is 0 Å². The van der Waals surface area contributed by atoms with Crippen molar-refractivity contribution in [3.63, 3.8) is 0 Å². The summed E-state index contributed by atoms with van der Waals surface area (Å²) in [6.45, 7) is 7.41. The maximum Gasteiger partial charge on any atom is 0.309 e. The van der Waals surface area contributed by atoms with Gasteiger partial charge in [-0.05, 0) is 25.7 Å². The first-order valence-corrected chi connectivity index (χ1v) is 9.26. The topological polar surface area (TPSA) is 102 Å². The minimum atomic E-state index is -1.19. The highest BCUT2D eigenvalue weighted by Crippen LogP contribution is 2.24. The van der Waals surface area contributed by atoms with Gasteiger partial charge in [0.15, 0.2) is 12.4 Å². The van der Waals surface area contributed by atoms with Crippen LogP contribution in [0.2, 0.25) is 0 Å². The molecule has 2 N–H and O–H groups in total. The molecule has 1 unspecified atom stereocenters. The van der Waals surface area contributed by atoms with Gasteiger partial charge >= 0.3 is 11.9 Å². The summed E-state index contributed by atoms with van der Waals surface area (Å²) in [6.07, 6.45) is -1.57. The quantitative estimate of drug-likeness (QED) is 0.604. The number of carbonyl (C=O) groups excluding carboxylic acids is 2. The minimum absolute atomic E-state index is 0.0577. The van der Waals surface area contributed by atoms with Gasteiger partial charge in [0.05, 0.1) is 17.9 Å². The van der Waals surface area contributed by atoms with E-state index in [2.05, 4.69) is 0 Å². The van der Waals surface area contributed by atoms with Gasteiger partial charge in [-0.15, -0.1) is 0 Å². The van der Waals surface area contributed by atoms with Gasteiger partial charge in [-0.2, -0.15) is 0 Å². The van der Waals surface area contributed by atoms with Crippen LogP contribution in [0.3, 0.4) is 0 Å². The zero-order valence-corrected chi connectivity index (χ0v) is 15.6. The van der Waals surface area contributed by atoms with Crippen LogP contribution in [0.5, 0.6) is 0 Å². The number of ether oxygens (including phenoxy) is 3. The van der Waals surface area contributed by atoms with E-state index in [0.717, 1.165) is 0 Å². The van der Waals surface area contributed by atoms with Gasteiger partial charge in [0.2, 0.25) is 0 Å². The van der Waals surface area contributed by atoms with Crippen LogP contribution in [0.1, 0.15) is 59.8 Å². The van der Waals surface area contributed by atoms with Gasteiger partial charge in [-0.1, -0.05) is 27.7 Å². The molecule has 0 aliphatic carbocycles. The first-order valence-electron chi connectivity index (χ1n) is 9.26. The molecule has 1 rings (SSSR count). The fourth-order valence-electron chi connectivity index (χ4n) is 2.97. The monoisotopic (exact) mass is 360 g/mol. The lowest BCUT2D eigenvalue weighted by Gasteiger charge is -2.37. The van der Waals surface area contributed by atoms with Crippen LogP contribution in [0.15, 0.2) is 0 Å². The Hall–Kier alpha value is -1.18. The largest absolute Gasteiger partial charge is 0.463 e. The predicted octanol–water partition coefficient (Wildman–Crippen LogP) is 1.78. The van der Waals surface area contributed by atoms with E-state index in [1.807, 2.05) is 27.7 Å². The molecule has 25 heavy (non-hydrogen) atoms. The van der Waals surface area contributed by atoms with Crippen molar-refractivity contribution >= 4 is 11.9 Å². The molecule has 1 aliphatic rings. The van der Waals surface area contributed by atoms with Crippen molar-refractivity contribution in [2.24, 2.45) is 11.8 Å². The van der Waals surface area contributed by atoms with Crippen molar-refractivity contribution < 1.29 is 34.0 Å². The number of hydrogen-bond donors (Lipinski definition) is 2. The Balaban J connectivity index is 2.74. The first-order chi connectivity index (χ1) is 11.9. The van der Waals surface area contributed by atoms with Crippen LogP contribution >= 0.6 is 0 Å². The molecule has 0 bridgehead atoms. The molecular weight excluding hydrogens is 328 g/mol. The molecule has 7 nitrogen and oxygen atoms in total. The Kier molecular flexibility index (Phi) is 9.38. The third kappa shape index (κ3) is 6.24. The third-order valence-electron chi connectivity index (χ3n) is 4.80. The zero-order chi connectivity index (χ0) is 19.0. The molecule has 1 aliphatic heterocycles. The maximum absolute atomic E-state index is 12.2. The molecule has 4 atom stereocenters. The van der Waals surface area contributed by atoms with Crippen molar-refractivity contribution in [2.45, 2.75) is 84.4 Å². The molecule has 0 aromatic heterocycles. The second-order valence-electron chi connectivity index (χ2n) is 6.49. The van der Waals surface area contributed by atoms with Crippen molar-refractivity contribution in [1.82, 2.24) is 0 Å². The van der Waals surface area contributed by atoms with Crippen molar-refractivity contribution in [1.29, 1.82) is 0 Å². The molecule has 0 aromatic carbocycles. The van der Waals surface area contributed by atoms with E-state index in [4.69, 9.17) is 14.2 Å². The second-order valence-corrected chi connectivity index (χ2v) is 6.49. The molecule has 0 amide bonds. The van der Waals surface area contributed by atoms with Gasteiger partial charge in [-0.3, -0.25) is 9.59 Å². The second kappa shape index (κ2) is 10.7. The van der Waals surface area contributed by atoms with E-state index >= 15 is 0 Å². The van der Waals surface area contributed by atoms with Crippen LogP contribution in [-0.4, -0.2) is 53.4 Å². The molecule has 7 heteroatoms. The van der Waals surface area contributed by atoms with E-state index in [0.29, 0.717) is 25.7 Å². The highest BCUT2D eigenvalue weighted by atomic mass is 16.7. The summed E-state index contributed by atoms with van der Waals surface area (Å²) in [5.41, 5.74) is 0. The van der Waals surface area contributed by atoms with Crippen molar-refractivity contribution in [3.8, 4) is 0 Å². The van der Waals surface area contributed by atoms with E-state index in [1.54, 1.807) is 0 Å². The summed E-state index contributed by atoms with van der Waals surface area (Å²) in [5, 5.41) is 19.9. The zero-order valence-electron chi connectivity index (χ0n) is 15.6. The lowest BCUT2D eigenvalue weighted by molar-refractivity contribution is -0.250. The molecule has 146 valence electrons. The molecule has 0 saturated carbocycles. The smallest absolute Gasteiger partial charge is 0.309 e. The first kappa shape index (κ1) is 21.9. The fraction of sp³-hybridized carbons (Fsp3) is 0.889. The normalized spacial score (nSPS) is 26.7. The molecule has 1 fully saturated rings. The lowest BCUT2D eigenvalue weighted by atomic mass is 10.00. The molecule has 0 spiro atoms. The maximum atomic E-state index is 12.2. The van der Waals surface area contributed by atoms with Crippen molar-refractivity contribution in [3.05, 3.63) is 0 Å². The van der Waals surface area contributed by atoms with Crippen LogP contribution in [0.4, 0.5) is 0 Å². The molecular formula is C18H32O7. The SMILES string of the molecule is CCC(CC)C(=O)OC[C@H]1OC(O)C[C@@H](O)[C@@H]1OC(=O)C(CC)CC. The molecule has 0 aromatic rings. The highest BCUT2D eigenvalue weighted by molar-refractivity contribution is 5.73. The molecule has 0 radical (unpaired) electrons. The Morgan fingerprint density at radius 1 is 1.00 bits per heavy atom. The third-order valence-corrected chi connectivity index (χ3v) is 4.80. The Morgan fingerprint density at radius 3 is 2.04 bits per heavy atom. The van der Waals surface area contributed by atoms with E-state index in [9.17, 15) is 19.8 Å². The summed E-state index contributed by atoms with van der Waals surface area (Å²) in [4.78, 5) is 24.3. The summed E-state index contributed by atoms with van der Waals surface area (Å²) >= 11 is 0. The Morgan fingerprint density at radius 2 is 1.52 bits per heavy atom. The predicted molar refractivity (Wildman–Crippen MR) is 90.5 cm³/mol. The summed E-state index contributed by atoms with van der Waals surface area (Å²) in [5.74, 6) is -1.23. The minimum Gasteiger partial charge on any atom is -0.463 e. The number of hydrogen-bond acceptors (Lipinski definition) is 7. The summed E-state index contributed by atoms with van der Waals surface area (Å²) in [7, 11) is 0. The van der Waals surface area contributed by atoms with Gasteiger partial charge in [0.25, 0.3) is 0 Å². The van der Waals surface area contributed by atoms with Crippen LogP contribution < -0.4 is 0 Å². The van der Waals surface area contributed by atoms with Crippen molar-refractivity contribution in [2.75, 3.05) is 6.61 Å². The number of rotatable bonds is 9. The lowest BCUT2D eigenvalue weighted by Crippen LogP contribution is -2.53. The average Bonchev–Trinajstić information content (AvgIpc) is 2.57. The standard InChI is InChI=1S/C18H32O7/c1-5-11(6-2)17(21)23-10-14-16(13(19)9-15(20)24-14)25-18(22)12(7-3)8-4/h11-16,19-20H,5-10H2,1-4H3/t13-,14-,15?,16+/m1/s1. The number of aliphatic hydroxyl groups is 2. The van der Waals surface area contributed by atoms with E-state index in [-0.39, 0.29) is 30.8 Å². The van der Waals surface area contributed by atoms with Crippen LogP contribution in [0, 0.1) is 11.8 Å². The fourth-order valence-corrected chi connectivity index (χ4v) is 2.97. The van der Waals surface area contributed by atoms with Crippen LogP contribution in [-0.2, 0) is 23.8 Å². The van der Waals surface area contributed by atoms with E-state index in [1.165, 1.54) is 0 Å².